The van der Waals surface area contributed by atoms with Crippen LogP contribution in [0.5, 0.6) is 0 Å². The minimum absolute atomic E-state index is 0.0618. The van der Waals surface area contributed by atoms with Crippen molar-refractivity contribution in [3.63, 3.8) is 0 Å². The molecule has 0 fully saturated rings. The van der Waals surface area contributed by atoms with E-state index in [2.05, 4.69) is 29.3 Å². The van der Waals surface area contributed by atoms with Gasteiger partial charge in [0.15, 0.2) is 0 Å². The lowest BCUT2D eigenvalue weighted by Crippen LogP contribution is -2.25. The maximum absolute atomic E-state index is 12.1. The summed E-state index contributed by atoms with van der Waals surface area (Å²) >= 11 is 0. The zero-order valence-corrected chi connectivity index (χ0v) is 15.9. The van der Waals surface area contributed by atoms with Crippen LogP contribution in [0.1, 0.15) is 48.5 Å². The predicted octanol–water partition coefficient (Wildman–Crippen LogP) is 4.09. The fourth-order valence-corrected chi connectivity index (χ4v) is 2.81. The van der Waals surface area contributed by atoms with E-state index in [1.165, 1.54) is 5.69 Å². The minimum Gasteiger partial charge on any atom is -0.481 e. The van der Waals surface area contributed by atoms with Gasteiger partial charge in [0.1, 0.15) is 0 Å². The van der Waals surface area contributed by atoms with Crippen LogP contribution in [-0.4, -0.2) is 30.1 Å². The van der Waals surface area contributed by atoms with Gasteiger partial charge in [0, 0.05) is 37.3 Å². The summed E-state index contributed by atoms with van der Waals surface area (Å²) in [5.74, 6) is -1.02. The van der Waals surface area contributed by atoms with E-state index < -0.39 is 5.97 Å². The maximum atomic E-state index is 12.1. The van der Waals surface area contributed by atoms with Crippen LogP contribution in [0.15, 0.2) is 54.6 Å². The average Bonchev–Trinajstić information content (AvgIpc) is 2.69. The number of benzene rings is 2. The van der Waals surface area contributed by atoms with Crippen LogP contribution in [0.25, 0.3) is 0 Å². The van der Waals surface area contributed by atoms with E-state index >= 15 is 0 Å². The van der Waals surface area contributed by atoms with Crippen molar-refractivity contribution in [1.82, 2.24) is 5.32 Å². The molecule has 5 nitrogen and oxygen atoms in total. The molecule has 1 amide bonds. The number of amides is 1. The molecule has 0 saturated heterocycles. The molecule has 0 radical (unpaired) electrons. The summed E-state index contributed by atoms with van der Waals surface area (Å²) in [5.41, 5.74) is 2.94. The number of hydrogen-bond donors (Lipinski definition) is 2. The molecule has 0 atom stereocenters. The largest absolute Gasteiger partial charge is 0.481 e. The standard InChI is InChI=1S/C22H28N2O3/c1-2-3-16-24(20-8-5-4-6-9-20)17-18-11-13-19(14-12-18)22(27)23-15-7-10-21(25)26/h4-6,8-9,11-14H,2-3,7,10,15-17H2,1H3,(H,23,27)(H,25,26). The maximum Gasteiger partial charge on any atom is 0.303 e. The predicted molar refractivity (Wildman–Crippen MR) is 108 cm³/mol. The molecular formula is C22H28N2O3. The smallest absolute Gasteiger partial charge is 0.303 e. The first-order valence-corrected chi connectivity index (χ1v) is 9.49. The van der Waals surface area contributed by atoms with Crippen LogP contribution in [0.4, 0.5) is 5.69 Å². The van der Waals surface area contributed by atoms with Crippen molar-refractivity contribution in [3.8, 4) is 0 Å². The lowest BCUT2D eigenvalue weighted by atomic mass is 10.1. The highest BCUT2D eigenvalue weighted by atomic mass is 16.4. The van der Waals surface area contributed by atoms with Gasteiger partial charge in [0.25, 0.3) is 5.91 Å². The van der Waals surface area contributed by atoms with Gasteiger partial charge in [0.05, 0.1) is 0 Å². The number of nitrogens with one attached hydrogen (secondary N) is 1. The number of unbranched alkanes of at least 4 members (excludes halogenated alkanes) is 1. The summed E-state index contributed by atoms with van der Waals surface area (Å²) in [6.45, 7) is 4.34. The van der Waals surface area contributed by atoms with Gasteiger partial charge in [-0.2, -0.15) is 0 Å². The zero-order chi connectivity index (χ0) is 19.5. The van der Waals surface area contributed by atoms with Gasteiger partial charge >= 0.3 is 5.97 Å². The molecule has 0 saturated carbocycles. The van der Waals surface area contributed by atoms with E-state index in [4.69, 9.17) is 5.11 Å². The number of anilines is 1. The van der Waals surface area contributed by atoms with Crippen LogP contribution in [0.3, 0.4) is 0 Å². The number of carbonyl (C=O) groups excluding carboxylic acids is 1. The highest BCUT2D eigenvalue weighted by Gasteiger charge is 2.09. The minimum atomic E-state index is -0.848. The lowest BCUT2D eigenvalue weighted by molar-refractivity contribution is -0.137. The van der Waals surface area contributed by atoms with Crippen molar-refractivity contribution in [3.05, 3.63) is 65.7 Å². The Labute approximate surface area is 161 Å². The van der Waals surface area contributed by atoms with Gasteiger partial charge in [-0.15, -0.1) is 0 Å². The van der Waals surface area contributed by atoms with Gasteiger partial charge in [-0.25, -0.2) is 0 Å². The average molecular weight is 368 g/mol. The summed E-state index contributed by atoms with van der Waals surface area (Å²) in [7, 11) is 0. The lowest BCUT2D eigenvalue weighted by Gasteiger charge is -2.25. The third kappa shape index (κ3) is 7.13. The highest BCUT2D eigenvalue weighted by molar-refractivity contribution is 5.94. The molecule has 0 bridgehead atoms. The molecule has 0 aliphatic heterocycles. The van der Waals surface area contributed by atoms with Gasteiger partial charge in [-0.3, -0.25) is 9.59 Å². The van der Waals surface area contributed by atoms with Gasteiger partial charge < -0.3 is 15.3 Å². The van der Waals surface area contributed by atoms with Gasteiger partial charge in [0.2, 0.25) is 0 Å². The summed E-state index contributed by atoms with van der Waals surface area (Å²) in [5, 5.41) is 11.4. The molecule has 2 aromatic rings. The van der Waals surface area contributed by atoms with Crippen LogP contribution >= 0.6 is 0 Å². The van der Waals surface area contributed by atoms with Crippen molar-refractivity contribution in [2.24, 2.45) is 0 Å². The molecule has 5 heteroatoms. The van der Waals surface area contributed by atoms with Crippen molar-refractivity contribution >= 4 is 17.6 Å². The highest BCUT2D eigenvalue weighted by Crippen LogP contribution is 2.18. The van der Waals surface area contributed by atoms with Crippen LogP contribution in [0, 0.1) is 0 Å². The quantitative estimate of drug-likeness (QED) is 0.586. The number of carbonyl (C=O) groups is 2. The fraction of sp³-hybridized carbons (Fsp3) is 0.364. The Morgan fingerprint density at radius 3 is 2.33 bits per heavy atom. The molecule has 0 aliphatic carbocycles. The monoisotopic (exact) mass is 368 g/mol. The Balaban J connectivity index is 1.94. The first-order chi connectivity index (χ1) is 13.1. The molecule has 2 rings (SSSR count). The molecule has 0 heterocycles. The molecule has 0 spiro atoms. The third-order valence-corrected chi connectivity index (χ3v) is 4.35. The second kappa shape index (κ2) is 11.0. The second-order valence-corrected chi connectivity index (χ2v) is 6.56. The van der Waals surface area contributed by atoms with Crippen LogP contribution < -0.4 is 10.2 Å². The fourth-order valence-electron chi connectivity index (χ4n) is 2.81. The molecule has 0 aliphatic rings. The van der Waals surface area contributed by atoms with Crippen molar-refractivity contribution in [2.45, 2.75) is 39.2 Å². The molecule has 144 valence electrons. The molecule has 27 heavy (non-hydrogen) atoms. The Bertz CT molecular complexity index is 714. The third-order valence-electron chi connectivity index (χ3n) is 4.35. The summed E-state index contributed by atoms with van der Waals surface area (Å²) in [4.78, 5) is 25.0. The summed E-state index contributed by atoms with van der Waals surface area (Å²) in [6.07, 6.45) is 2.77. The van der Waals surface area contributed by atoms with Gasteiger partial charge in [-0.1, -0.05) is 43.7 Å². The number of carboxylic acids is 1. The number of para-hydroxylation sites is 1. The normalized spacial score (nSPS) is 10.4. The van der Waals surface area contributed by atoms with E-state index in [0.717, 1.165) is 31.5 Å². The topological polar surface area (TPSA) is 69.6 Å². The first kappa shape index (κ1) is 20.5. The SMILES string of the molecule is CCCCN(Cc1ccc(C(=O)NCCCC(=O)O)cc1)c1ccccc1. The Morgan fingerprint density at radius 1 is 1.00 bits per heavy atom. The molecule has 0 aromatic heterocycles. The number of carboxylic acid groups (broad SMARTS) is 1. The summed E-state index contributed by atoms with van der Waals surface area (Å²) < 4.78 is 0. The van der Waals surface area contributed by atoms with Crippen LogP contribution in [0.2, 0.25) is 0 Å². The first-order valence-electron chi connectivity index (χ1n) is 9.49. The van der Waals surface area contributed by atoms with E-state index in [0.29, 0.717) is 18.5 Å². The molecule has 2 N–H and O–H groups in total. The number of aliphatic carboxylic acids is 1. The molecule has 0 unspecified atom stereocenters. The summed E-state index contributed by atoms with van der Waals surface area (Å²) in [6, 6.07) is 18.0. The van der Waals surface area contributed by atoms with E-state index in [1.807, 2.05) is 42.5 Å². The van der Waals surface area contributed by atoms with E-state index in [1.54, 1.807) is 0 Å². The number of hydrogen-bond acceptors (Lipinski definition) is 3. The van der Waals surface area contributed by atoms with Crippen LogP contribution in [-0.2, 0) is 11.3 Å². The number of rotatable bonds is 11. The molecule has 2 aromatic carbocycles. The van der Waals surface area contributed by atoms with E-state index in [-0.39, 0.29) is 12.3 Å². The molecular weight excluding hydrogens is 340 g/mol. The van der Waals surface area contributed by atoms with Crippen molar-refractivity contribution in [1.29, 1.82) is 0 Å². The van der Waals surface area contributed by atoms with Crippen molar-refractivity contribution in [2.75, 3.05) is 18.0 Å². The Kier molecular flexibility index (Phi) is 8.36. The number of nitrogens with zero attached hydrogens (tertiary/aromatic N) is 1. The van der Waals surface area contributed by atoms with Gasteiger partial charge in [-0.05, 0) is 42.7 Å². The Hall–Kier alpha value is -2.82. The Morgan fingerprint density at radius 2 is 1.70 bits per heavy atom. The second-order valence-electron chi connectivity index (χ2n) is 6.56. The zero-order valence-electron chi connectivity index (χ0n) is 15.9. The van der Waals surface area contributed by atoms with Crippen molar-refractivity contribution < 1.29 is 14.7 Å². The van der Waals surface area contributed by atoms with E-state index in [9.17, 15) is 9.59 Å².